The van der Waals surface area contributed by atoms with E-state index in [-0.39, 0.29) is 0 Å². The van der Waals surface area contributed by atoms with Crippen molar-refractivity contribution in [3.05, 3.63) is 79.9 Å². The normalized spacial score (nSPS) is 10.3. The van der Waals surface area contributed by atoms with Crippen LogP contribution in [0.3, 0.4) is 0 Å². The van der Waals surface area contributed by atoms with E-state index in [1.165, 1.54) is 12.1 Å². The fraction of sp³-hybridized carbons (Fsp3) is 0.200. The van der Waals surface area contributed by atoms with Gasteiger partial charge in [-0.2, -0.15) is 0 Å². The lowest BCUT2D eigenvalue weighted by Crippen LogP contribution is -2.01. The molecule has 0 aliphatic carbocycles. The van der Waals surface area contributed by atoms with Gasteiger partial charge < -0.3 is 0 Å². The molecule has 0 atom stereocenters. The van der Waals surface area contributed by atoms with Crippen LogP contribution in [0.1, 0.15) is 17.5 Å². The lowest BCUT2D eigenvalue weighted by Gasteiger charge is -2.04. The van der Waals surface area contributed by atoms with Gasteiger partial charge in [-0.1, -0.05) is 42.5 Å². The summed E-state index contributed by atoms with van der Waals surface area (Å²) in [4.78, 5) is 20.6. The van der Waals surface area contributed by atoms with Crippen molar-refractivity contribution in [1.29, 1.82) is 0 Å². The predicted molar refractivity (Wildman–Crippen MR) is 78.2 cm³/mol. The van der Waals surface area contributed by atoms with Gasteiger partial charge in [0.15, 0.2) is 0 Å². The molecule has 6 heteroatoms. The molecule has 2 aromatic rings. The van der Waals surface area contributed by atoms with E-state index >= 15 is 0 Å². The predicted octanol–water partition coefficient (Wildman–Crippen LogP) is 3.68. The van der Waals surface area contributed by atoms with Crippen LogP contribution in [0.2, 0.25) is 0 Å². The average Bonchev–Trinajstić information content (AvgIpc) is 2.47. The number of aryl methyl sites for hydroxylation is 2. The molecule has 0 radical (unpaired) electrons. The Kier molecular flexibility index (Phi) is 4.61. The van der Waals surface area contributed by atoms with Crippen LogP contribution in [-0.4, -0.2) is 9.85 Å². The minimum atomic E-state index is -0.709. The standard InChI is InChI=1S/C15H14N2O4/c18-16(19)14-11-5-10-13(15(14)17(20)21)9-4-8-12-6-2-1-3-7-12/h1-3,5-7,10-11H,4,8-9H2. The van der Waals surface area contributed by atoms with Crippen molar-refractivity contribution in [2.24, 2.45) is 0 Å². The zero-order valence-corrected chi connectivity index (χ0v) is 11.3. The van der Waals surface area contributed by atoms with E-state index in [1.807, 2.05) is 30.3 Å². The van der Waals surface area contributed by atoms with Crippen LogP contribution in [0, 0.1) is 20.2 Å². The molecule has 0 N–H and O–H groups in total. The average molecular weight is 286 g/mol. The summed E-state index contributed by atoms with van der Waals surface area (Å²) < 4.78 is 0. The lowest BCUT2D eigenvalue weighted by molar-refractivity contribution is -0.423. The summed E-state index contributed by atoms with van der Waals surface area (Å²) in [6.07, 6.45) is 1.92. The van der Waals surface area contributed by atoms with Crippen LogP contribution in [-0.2, 0) is 12.8 Å². The summed E-state index contributed by atoms with van der Waals surface area (Å²) in [6, 6.07) is 14.0. The minimum Gasteiger partial charge on any atom is -0.258 e. The first kappa shape index (κ1) is 14.6. The molecule has 0 bridgehead atoms. The van der Waals surface area contributed by atoms with Crippen LogP contribution < -0.4 is 0 Å². The molecule has 2 rings (SSSR count). The Labute approximate surface area is 121 Å². The molecular weight excluding hydrogens is 272 g/mol. The van der Waals surface area contributed by atoms with Crippen molar-refractivity contribution < 1.29 is 9.85 Å². The van der Waals surface area contributed by atoms with E-state index in [0.717, 1.165) is 12.0 Å². The summed E-state index contributed by atoms with van der Waals surface area (Å²) in [5, 5.41) is 22.0. The number of benzene rings is 2. The summed E-state index contributed by atoms with van der Waals surface area (Å²) in [5.74, 6) is 0. The van der Waals surface area contributed by atoms with Gasteiger partial charge in [-0.3, -0.25) is 20.2 Å². The molecule has 0 saturated carbocycles. The Morgan fingerprint density at radius 1 is 0.810 bits per heavy atom. The quantitative estimate of drug-likeness (QED) is 0.598. The Morgan fingerprint density at radius 3 is 2.14 bits per heavy atom. The first-order valence-corrected chi connectivity index (χ1v) is 6.54. The van der Waals surface area contributed by atoms with Gasteiger partial charge in [-0.05, 0) is 24.8 Å². The molecule has 0 spiro atoms. The van der Waals surface area contributed by atoms with Gasteiger partial charge in [0.25, 0.3) is 0 Å². The molecule has 2 aromatic carbocycles. The Morgan fingerprint density at radius 2 is 1.52 bits per heavy atom. The number of nitrogens with zero attached hydrogens (tertiary/aromatic N) is 2. The van der Waals surface area contributed by atoms with E-state index in [2.05, 4.69) is 0 Å². The lowest BCUT2D eigenvalue weighted by atomic mass is 10.0. The van der Waals surface area contributed by atoms with Crippen molar-refractivity contribution >= 4 is 11.4 Å². The highest BCUT2D eigenvalue weighted by Gasteiger charge is 2.27. The van der Waals surface area contributed by atoms with E-state index in [4.69, 9.17) is 0 Å². The highest BCUT2D eigenvalue weighted by molar-refractivity contribution is 5.57. The molecule has 21 heavy (non-hydrogen) atoms. The Bertz CT molecular complexity index is 656. The second kappa shape index (κ2) is 6.60. The highest BCUT2D eigenvalue weighted by atomic mass is 16.6. The minimum absolute atomic E-state index is 0.393. The number of nitro benzene ring substituents is 2. The summed E-state index contributed by atoms with van der Waals surface area (Å²) >= 11 is 0. The van der Waals surface area contributed by atoms with Crippen LogP contribution in [0.15, 0.2) is 48.5 Å². The van der Waals surface area contributed by atoms with E-state index in [9.17, 15) is 20.2 Å². The molecule has 0 heterocycles. The second-order valence-electron chi connectivity index (χ2n) is 4.64. The van der Waals surface area contributed by atoms with Crippen LogP contribution in [0.5, 0.6) is 0 Å². The maximum atomic E-state index is 11.1. The summed E-state index contributed by atoms with van der Waals surface area (Å²) in [6.45, 7) is 0. The topological polar surface area (TPSA) is 86.3 Å². The molecule has 0 fully saturated rings. The van der Waals surface area contributed by atoms with Crippen molar-refractivity contribution in [2.75, 3.05) is 0 Å². The fourth-order valence-electron chi connectivity index (χ4n) is 2.27. The van der Waals surface area contributed by atoms with Crippen LogP contribution >= 0.6 is 0 Å². The van der Waals surface area contributed by atoms with Gasteiger partial charge in [0.2, 0.25) is 0 Å². The number of rotatable bonds is 6. The molecule has 0 aliphatic rings. The first-order chi connectivity index (χ1) is 10.1. The van der Waals surface area contributed by atoms with Crippen molar-refractivity contribution in [3.8, 4) is 0 Å². The Hall–Kier alpha value is -2.76. The van der Waals surface area contributed by atoms with Gasteiger partial charge >= 0.3 is 11.4 Å². The van der Waals surface area contributed by atoms with Gasteiger partial charge in [0, 0.05) is 11.6 Å². The second-order valence-corrected chi connectivity index (χ2v) is 4.64. The number of hydrogen-bond donors (Lipinski definition) is 0. The van der Waals surface area contributed by atoms with E-state index in [1.54, 1.807) is 6.07 Å². The Balaban J connectivity index is 2.14. The first-order valence-electron chi connectivity index (χ1n) is 6.54. The maximum absolute atomic E-state index is 11.1. The largest absolute Gasteiger partial charge is 0.349 e. The van der Waals surface area contributed by atoms with Crippen molar-refractivity contribution in [2.45, 2.75) is 19.3 Å². The molecule has 0 unspecified atom stereocenters. The summed E-state index contributed by atoms with van der Waals surface area (Å²) in [5.41, 5.74) is 0.712. The molecule has 0 aromatic heterocycles. The number of hydrogen-bond acceptors (Lipinski definition) is 4. The zero-order valence-electron chi connectivity index (χ0n) is 11.3. The smallest absolute Gasteiger partial charge is 0.258 e. The molecule has 0 saturated heterocycles. The number of nitro groups is 2. The van der Waals surface area contributed by atoms with Crippen LogP contribution in [0.4, 0.5) is 11.4 Å². The molecule has 0 aliphatic heterocycles. The van der Waals surface area contributed by atoms with Gasteiger partial charge in [-0.15, -0.1) is 0 Å². The maximum Gasteiger partial charge on any atom is 0.349 e. The van der Waals surface area contributed by atoms with E-state index in [0.29, 0.717) is 18.4 Å². The van der Waals surface area contributed by atoms with E-state index < -0.39 is 21.2 Å². The molecule has 108 valence electrons. The SMILES string of the molecule is O=[N+]([O-])c1cccc(CCCc2ccccc2)c1[N+](=O)[O-]. The van der Waals surface area contributed by atoms with Gasteiger partial charge in [0.05, 0.1) is 9.85 Å². The summed E-state index contributed by atoms with van der Waals surface area (Å²) in [7, 11) is 0. The third-order valence-corrected chi connectivity index (χ3v) is 3.23. The van der Waals surface area contributed by atoms with Crippen molar-refractivity contribution in [1.82, 2.24) is 0 Å². The highest BCUT2D eigenvalue weighted by Crippen LogP contribution is 2.31. The number of para-hydroxylation sites is 1. The van der Waals surface area contributed by atoms with Gasteiger partial charge in [-0.25, -0.2) is 0 Å². The molecular formula is C15H14N2O4. The van der Waals surface area contributed by atoms with Gasteiger partial charge in [0.1, 0.15) is 0 Å². The molecule has 6 nitrogen and oxygen atoms in total. The van der Waals surface area contributed by atoms with Crippen molar-refractivity contribution in [3.63, 3.8) is 0 Å². The fourth-order valence-corrected chi connectivity index (χ4v) is 2.27. The van der Waals surface area contributed by atoms with Crippen LogP contribution in [0.25, 0.3) is 0 Å². The third kappa shape index (κ3) is 3.62. The molecule has 0 amide bonds. The monoisotopic (exact) mass is 286 g/mol. The zero-order chi connectivity index (χ0) is 15.2. The third-order valence-electron chi connectivity index (χ3n) is 3.23.